The molecule has 1 aromatic carbocycles. The van der Waals surface area contributed by atoms with E-state index in [1.54, 1.807) is 11.0 Å². The number of morpholine rings is 1. The van der Waals surface area contributed by atoms with Crippen molar-refractivity contribution in [2.45, 2.75) is 12.5 Å². The highest BCUT2D eigenvalue weighted by Gasteiger charge is 2.42. The van der Waals surface area contributed by atoms with Gasteiger partial charge >= 0.3 is 0 Å². The quantitative estimate of drug-likeness (QED) is 0.821. The van der Waals surface area contributed by atoms with Gasteiger partial charge in [0.25, 0.3) is 5.91 Å². The van der Waals surface area contributed by atoms with Crippen molar-refractivity contribution in [2.24, 2.45) is 5.73 Å². The number of benzene rings is 1. The number of aryl methyl sites for hydroxylation is 1. The molecule has 2 fully saturated rings. The zero-order valence-corrected chi connectivity index (χ0v) is 12.4. The first kappa shape index (κ1) is 15.0. The van der Waals surface area contributed by atoms with Gasteiger partial charge in [0.2, 0.25) is 5.91 Å². The average Bonchev–Trinajstić information content (AvgIpc) is 2.46. The Morgan fingerprint density at radius 1 is 1.36 bits per heavy atom. The van der Waals surface area contributed by atoms with Gasteiger partial charge in [0.15, 0.2) is 0 Å². The second-order valence-corrected chi connectivity index (χ2v) is 5.70. The van der Waals surface area contributed by atoms with Gasteiger partial charge < -0.3 is 25.4 Å². The van der Waals surface area contributed by atoms with Crippen LogP contribution in [0.1, 0.15) is 5.56 Å². The molecular weight excluding hydrogens is 286 g/mol. The minimum absolute atomic E-state index is 0.0568. The first-order chi connectivity index (χ1) is 10.5. The molecular formula is C15H19N3O4. The predicted octanol–water partition coefficient (Wildman–Crippen LogP) is 0.0244. The summed E-state index contributed by atoms with van der Waals surface area (Å²) >= 11 is 0. The molecule has 3 N–H and O–H groups in total. The van der Waals surface area contributed by atoms with Crippen LogP contribution in [0.5, 0.6) is 0 Å². The van der Waals surface area contributed by atoms with E-state index in [1.165, 1.54) is 0 Å². The SMILES string of the molecule is Cc1cc(NC(=O)C2(N)COC2)ccc1N1CCOCC1=O. The lowest BCUT2D eigenvalue weighted by molar-refractivity contribution is -0.137. The summed E-state index contributed by atoms with van der Waals surface area (Å²) in [4.78, 5) is 25.7. The van der Waals surface area contributed by atoms with Crippen LogP contribution in [0.4, 0.5) is 11.4 Å². The molecule has 118 valence electrons. The maximum Gasteiger partial charge on any atom is 0.253 e. The fraction of sp³-hybridized carbons (Fsp3) is 0.467. The van der Waals surface area contributed by atoms with Crippen LogP contribution in [-0.2, 0) is 19.1 Å². The van der Waals surface area contributed by atoms with Crippen LogP contribution in [0, 0.1) is 6.92 Å². The van der Waals surface area contributed by atoms with E-state index < -0.39 is 5.54 Å². The average molecular weight is 305 g/mol. The number of nitrogens with two attached hydrogens (primary N) is 1. The summed E-state index contributed by atoms with van der Waals surface area (Å²) in [5.74, 6) is -0.313. The van der Waals surface area contributed by atoms with E-state index in [-0.39, 0.29) is 31.6 Å². The Bertz CT molecular complexity index is 613. The van der Waals surface area contributed by atoms with Crippen LogP contribution in [0.25, 0.3) is 0 Å². The van der Waals surface area contributed by atoms with Gasteiger partial charge in [0, 0.05) is 17.9 Å². The lowest BCUT2D eigenvalue weighted by atomic mass is 9.98. The number of nitrogens with zero attached hydrogens (tertiary/aromatic N) is 1. The summed E-state index contributed by atoms with van der Waals surface area (Å²) < 4.78 is 10.1. The van der Waals surface area contributed by atoms with Gasteiger partial charge in [-0.15, -0.1) is 0 Å². The third-order valence-electron chi connectivity index (χ3n) is 3.90. The van der Waals surface area contributed by atoms with Crippen LogP contribution in [0.3, 0.4) is 0 Å². The van der Waals surface area contributed by atoms with Crippen LogP contribution >= 0.6 is 0 Å². The lowest BCUT2D eigenvalue weighted by Crippen LogP contribution is -2.65. The Balaban J connectivity index is 1.74. The monoisotopic (exact) mass is 305 g/mol. The number of carbonyl (C=O) groups excluding carboxylic acids is 2. The van der Waals surface area contributed by atoms with Crippen LogP contribution < -0.4 is 16.0 Å². The Labute approximate surface area is 128 Å². The molecule has 2 aliphatic heterocycles. The van der Waals surface area contributed by atoms with E-state index in [0.29, 0.717) is 18.8 Å². The molecule has 2 heterocycles. The third-order valence-corrected chi connectivity index (χ3v) is 3.90. The van der Waals surface area contributed by atoms with Crippen molar-refractivity contribution in [3.05, 3.63) is 23.8 Å². The Hall–Kier alpha value is -1.96. The molecule has 0 atom stereocenters. The summed E-state index contributed by atoms with van der Waals surface area (Å²) in [6, 6.07) is 5.43. The number of carbonyl (C=O) groups is 2. The van der Waals surface area contributed by atoms with Crippen molar-refractivity contribution in [3.8, 4) is 0 Å². The fourth-order valence-electron chi connectivity index (χ4n) is 2.52. The Morgan fingerprint density at radius 2 is 2.14 bits per heavy atom. The zero-order valence-electron chi connectivity index (χ0n) is 12.4. The second-order valence-electron chi connectivity index (χ2n) is 5.70. The molecule has 0 radical (unpaired) electrons. The van der Waals surface area contributed by atoms with E-state index in [2.05, 4.69) is 5.32 Å². The third kappa shape index (κ3) is 2.70. The molecule has 2 amide bonds. The molecule has 0 aromatic heterocycles. The standard InChI is InChI=1S/C15H19N3O4/c1-10-6-11(17-14(20)15(16)8-22-9-15)2-3-12(10)18-4-5-21-7-13(18)19/h2-3,6H,4-5,7-9,16H2,1H3,(H,17,20). The second kappa shape index (κ2) is 5.68. The summed E-state index contributed by atoms with van der Waals surface area (Å²) in [6.45, 7) is 3.54. The number of hydrogen-bond donors (Lipinski definition) is 2. The minimum Gasteiger partial charge on any atom is -0.376 e. The fourth-order valence-corrected chi connectivity index (χ4v) is 2.52. The maximum absolute atomic E-state index is 12.1. The zero-order chi connectivity index (χ0) is 15.7. The normalized spacial score (nSPS) is 20.5. The van der Waals surface area contributed by atoms with E-state index in [0.717, 1.165) is 11.3 Å². The number of amides is 2. The molecule has 1 aromatic rings. The van der Waals surface area contributed by atoms with Crippen molar-refractivity contribution >= 4 is 23.2 Å². The van der Waals surface area contributed by atoms with Gasteiger partial charge in [-0.3, -0.25) is 9.59 Å². The molecule has 0 aliphatic carbocycles. The molecule has 0 saturated carbocycles. The summed E-state index contributed by atoms with van der Waals surface area (Å²) in [6.07, 6.45) is 0. The van der Waals surface area contributed by atoms with Crippen LogP contribution in [0.15, 0.2) is 18.2 Å². The van der Waals surface area contributed by atoms with Gasteiger partial charge in [-0.05, 0) is 30.7 Å². The highest BCUT2D eigenvalue weighted by Crippen LogP contribution is 2.26. The van der Waals surface area contributed by atoms with Gasteiger partial charge in [-0.2, -0.15) is 0 Å². The highest BCUT2D eigenvalue weighted by atomic mass is 16.5. The molecule has 7 heteroatoms. The molecule has 3 rings (SSSR count). The largest absolute Gasteiger partial charge is 0.376 e. The summed E-state index contributed by atoms with van der Waals surface area (Å²) in [5, 5.41) is 2.79. The van der Waals surface area contributed by atoms with Crippen LogP contribution in [-0.4, -0.2) is 50.3 Å². The number of anilines is 2. The first-order valence-corrected chi connectivity index (χ1v) is 7.16. The Kier molecular flexibility index (Phi) is 3.86. The molecule has 0 spiro atoms. The number of rotatable bonds is 3. The molecule has 0 unspecified atom stereocenters. The predicted molar refractivity (Wildman–Crippen MR) is 80.7 cm³/mol. The minimum atomic E-state index is -0.938. The van der Waals surface area contributed by atoms with Gasteiger partial charge in [-0.25, -0.2) is 0 Å². The number of ether oxygens (including phenoxy) is 2. The first-order valence-electron chi connectivity index (χ1n) is 7.16. The van der Waals surface area contributed by atoms with E-state index in [4.69, 9.17) is 15.2 Å². The highest BCUT2D eigenvalue weighted by molar-refractivity contribution is 6.00. The summed E-state index contributed by atoms with van der Waals surface area (Å²) in [7, 11) is 0. The van der Waals surface area contributed by atoms with Gasteiger partial charge in [-0.1, -0.05) is 0 Å². The Morgan fingerprint density at radius 3 is 2.73 bits per heavy atom. The summed E-state index contributed by atoms with van der Waals surface area (Å²) in [5.41, 5.74) is 7.35. The van der Waals surface area contributed by atoms with Crippen molar-refractivity contribution in [1.29, 1.82) is 0 Å². The van der Waals surface area contributed by atoms with Crippen molar-refractivity contribution in [2.75, 3.05) is 43.2 Å². The van der Waals surface area contributed by atoms with Crippen molar-refractivity contribution < 1.29 is 19.1 Å². The maximum atomic E-state index is 12.1. The molecule has 0 bridgehead atoms. The van der Waals surface area contributed by atoms with Gasteiger partial charge in [0.05, 0.1) is 19.8 Å². The van der Waals surface area contributed by atoms with E-state index >= 15 is 0 Å². The number of hydrogen-bond acceptors (Lipinski definition) is 5. The van der Waals surface area contributed by atoms with Crippen molar-refractivity contribution in [1.82, 2.24) is 0 Å². The van der Waals surface area contributed by atoms with E-state index in [1.807, 2.05) is 19.1 Å². The topological polar surface area (TPSA) is 93.9 Å². The van der Waals surface area contributed by atoms with Gasteiger partial charge in [0.1, 0.15) is 12.1 Å². The molecule has 2 saturated heterocycles. The van der Waals surface area contributed by atoms with Crippen LogP contribution in [0.2, 0.25) is 0 Å². The number of nitrogens with one attached hydrogen (secondary N) is 1. The molecule has 7 nitrogen and oxygen atoms in total. The molecule has 22 heavy (non-hydrogen) atoms. The van der Waals surface area contributed by atoms with E-state index in [9.17, 15) is 9.59 Å². The molecule has 2 aliphatic rings. The lowest BCUT2D eigenvalue weighted by Gasteiger charge is -2.36. The van der Waals surface area contributed by atoms with Crippen molar-refractivity contribution in [3.63, 3.8) is 0 Å². The smallest absolute Gasteiger partial charge is 0.253 e.